The third kappa shape index (κ3) is 3.36. The second-order valence-corrected chi connectivity index (χ2v) is 5.56. The molecule has 0 saturated carbocycles. The van der Waals surface area contributed by atoms with Gasteiger partial charge in [0.1, 0.15) is 17.4 Å². The average molecular weight is 292 g/mol. The molecule has 2 rings (SSSR count). The molecule has 2 N–H and O–H groups in total. The molecule has 1 heterocycles. The monoisotopic (exact) mass is 292 g/mol. The summed E-state index contributed by atoms with van der Waals surface area (Å²) in [5.41, 5.74) is -0.242. The maximum atomic E-state index is 13.7. The Morgan fingerprint density at radius 1 is 1.38 bits per heavy atom. The van der Waals surface area contributed by atoms with Crippen molar-refractivity contribution in [3.8, 4) is 5.75 Å². The summed E-state index contributed by atoms with van der Waals surface area (Å²) >= 11 is 0. The topological polar surface area (TPSA) is 79.9 Å². The lowest BCUT2D eigenvalue weighted by atomic mass is 9.96. The van der Waals surface area contributed by atoms with Crippen LogP contribution in [0, 0.1) is 5.82 Å². The number of H-pyrrole nitrogens is 1. The maximum Gasteiger partial charge on any atom is 0.295 e. The first-order chi connectivity index (χ1) is 9.81. The summed E-state index contributed by atoms with van der Waals surface area (Å²) < 4.78 is 18.6. The van der Waals surface area contributed by atoms with Crippen LogP contribution in [0.25, 0.3) is 0 Å². The molecule has 2 aromatic rings. The number of anilines is 1. The van der Waals surface area contributed by atoms with E-state index in [1.54, 1.807) is 0 Å². The summed E-state index contributed by atoms with van der Waals surface area (Å²) in [6.07, 6.45) is 0. The van der Waals surface area contributed by atoms with E-state index in [0.29, 0.717) is 11.6 Å². The van der Waals surface area contributed by atoms with Gasteiger partial charge < -0.3 is 10.1 Å². The number of aromatic amines is 1. The number of carbonyl (C=O) groups excluding carboxylic acids is 1. The molecule has 0 bridgehead atoms. The number of halogens is 1. The molecule has 0 radical (unpaired) electrons. The highest BCUT2D eigenvalue weighted by Crippen LogP contribution is 2.22. The molecular formula is C14H17FN4O2. The molecule has 21 heavy (non-hydrogen) atoms. The molecule has 0 unspecified atom stereocenters. The molecule has 0 saturated heterocycles. The van der Waals surface area contributed by atoms with Gasteiger partial charge in [-0.2, -0.15) is 0 Å². The highest BCUT2D eigenvalue weighted by Gasteiger charge is 2.21. The maximum absolute atomic E-state index is 13.7. The summed E-state index contributed by atoms with van der Waals surface area (Å²) in [6.45, 7) is 5.82. The minimum Gasteiger partial charge on any atom is -0.497 e. The fourth-order valence-corrected chi connectivity index (χ4v) is 1.60. The zero-order valence-corrected chi connectivity index (χ0v) is 12.3. The van der Waals surface area contributed by atoms with Gasteiger partial charge in [0, 0.05) is 11.5 Å². The smallest absolute Gasteiger partial charge is 0.295 e. The van der Waals surface area contributed by atoms with Crippen LogP contribution < -0.4 is 10.1 Å². The minimum atomic E-state index is -0.589. The second kappa shape index (κ2) is 5.51. The lowest BCUT2D eigenvalue weighted by Gasteiger charge is -2.12. The molecule has 1 amide bonds. The Labute approximate surface area is 121 Å². The van der Waals surface area contributed by atoms with Crippen LogP contribution in [0.5, 0.6) is 5.75 Å². The lowest BCUT2D eigenvalue weighted by molar-refractivity contribution is 0.101. The van der Waals surface area contributed by atoms with Crippen LogP contribution in [0.2, 0.25) is 0 Å². The number of aromatic nitrogens is 3. The number of nitrogens with zero attached hydrogens (tertiary/aromatic N) is 2. The highest BCUT2D eigenvalue weighted by molar-refractivity contribution is 6.01. The van der Waals surface area contributed by atoms with Crippen LogP contribution in [0.3, 0.4) is 0 Å². The normalized spacial score (nSPS) is 11.3. The third-order valence-corrected chi connectivity index (χ3v) is 2.82. The molecule has 1 aromatic carbocycles. The van der Waals surface area contributed by atoms with Crippen LogP contribution in [0.15, 0.2) is 18.2 Å². The van der Waals surface area contributed by atoms with Gasteiger partial charge in [-0.15, -0.1) is 5.10 Å². The van der Waals surface area contributed by atoms with Gasteiger partial charge in [0.15, 0.2) is 0 Å². The number of benzene rings is 1. The quantitative estimate of drug-likeness (QED) is 0.911. The van der Waals surface area contributed by atoms with E-state index in [4.69, 9.17) is 4.74 Å². The Morgan fingerprint density at radius 2 is 2.10 bits per heavy atom. The minimum absolute atomic E-state index is 0.0152. The van der Waals surface area contributed by atoms with E-state index >= 15 is 0 Å². The Kier molecular flexibility index (Phi) is 3.93. The van der Waals surface area contributed by atoms with E-state index in [2.05, 4.69) is 20.5 Å². The van der Waals surface area contributed by atoms with Crippen molar-refractivity contribution in [1.82, 2.24) is 15.2 Å². The molecule has 1 aromatic heterocycles. The van der Waals surface area contributed by atoms with Crippen molar-refractivity contribution in [1.29, 1.82) is 0 Å². The van der Waals surface area contributed by atoms with Crippen LogP contribution in [-0.2, 0) is 5.41 Å². The molecule has 0 aliphatic heterocycles. The van der Waals surface area contributed by atoms with Gasteiger partial charge in [-0.3, -0.25) is 9.89 Å². The number of methoxy groups -OCH3 is 1. The van der Waals surface area contributed by atoms with Crippen LogP contribution in [0.4, 0.5) is 10.1 Å². The second-order valence-electron chi connectivity index (χ2n) is 5.56. The molecule has 7 heteroatoms. The van der Waals surface area contributed by atoms with Gasteiger partial charge in [-0.1, -0.05) is 20.8 Å². The van der Waals surface area contributed by atoms with E-state index < -0.39 is 11.7 Å². The predicted molar refractivity (Wildman–Crippen MR) is 76.0 cm³/mol. The summed E-state index contributed by atoms with van der Waals surface area (Å²) in [7, 11) is 1.46. The van der Waals surface area contributed by atoms with E-state index in [9.17, 15) is 9.18 Å². The molecule has 0 aliphatic carbocycles. The largest absolute Gasteiger partial charge is 0.497 e. The van der Waals surface area contributed by atoms with E-state index in [-0.39, 0.29) is 16.9 Å². The molecule has 0 spiro atoms. The average Bonchev–Trinajstić information content (AvgIpc) is 2.91. The van der Waals surface area contributed by atoms with Crippen molar-refractivity contribution in [2.24, 2.45) is 0 Å². The number of rotatable bonds is 3. The van der Waals surface area contributed by atoms with Crippen molar-refractivity contribution in [3.63, 3.8) is 0 Å². The van der Waals surface area contributed by atoms with Crippen LogP contribution in [0.1, 0.15) is 37.2 Å². The van der Waals surface area contributed by atoms with E-state index in [1.807, 2.05) is 20.8 Å². The van der Waals surface area contributed by atoms with E-state index in [0.717, 1.165) is 0 Å². The molecular weight excluding hydrogens is 275 g/mol. The number of nitrogens with one attached hydrogen (secondary N) is 2. The Bertz CT molecular complexity index is 661. The Balaban J connectivity index is 2.20. The summed E-state index contributed by atoms with van der Waals surface area (Å²) in [5, 5.41) is 8.99. The van der Waals surface area contributed by atoms with Crippen molar-refractivity contribution >= 4 is 11.6 Å². The predicted octanol–water partition coefficient (Wildman–Crippen LogP) is 2.50. The first-order valence-corrected chi connectivity index (χ1v) is 6.39. The number of ether oxygens (including phenoxy) is 1. The summed E-state index contributed by atoms with van der Waals surface area (Å²) in [6, 6.07) is 4.08. The van der Waals surface area contributed by atoms with Crippen molar-refractivity contribution in [3.05, 3.63) is 35.7 Å². The SMILES string of the molecule is COc1ccc(F)c(NC(=O)c2n[nH]c(C(C)(C)C)n2)c1. The standard InChI is InChI=1S/C14H17FN4O2/c1-14(2,3)13-17-11(18-19-13)12(20)16-10-7-8(21-4)5-6-9(10)15/h5-7H,1-4H3,(H,16,20)(H,17,18,19). The fraction of sp³-hybridized carbons (Fsp3) is 0.357. The molecule has 0 aliphatic rings. The van der Waals surface area contributed by atoms with Gasteiger partial charge in [0.05, 0.1) is 12.8 Å². The van der Waals surface area contributed by atoms with Crippen LogP contribution >= 0.6 is 0 Å². The van der Waals surface area contributed by atoms with Gasteiger partial charge in [0.2, 0.25) is 5.82 Å². The van der Waals surface area contributed by atoms with Gasteiger partial charge in [-0.05, 0) is 12.1 Å². The molecule has 0 atom stereocenters. The van der Waals surface area contributed by atoms with Crippen molar-refractivity contribution in [2.45, 2.75) is 26.2 Å². The van der Waals surface area contributed by atoms with Crippen molar-refractivity contribution < 1.29 is 13.9 Å². The molecule has 0 fully saturated rings. The van der Waals surface area contributed by atoms with Crippen molar-refractivity contribution in [2.75, 3.05) is 12.4 Å². The van der Waals surface area contributed by atoms with Gasteiger partial charge in [0.25, 0.3) is 5.91 Å². The fourth-order valence-electron chi connectivity index (χ4n) is 1.60. The number of hydrogen-bond donors (Lipinski definition) is 2. The van der Waals surface area contributed by atoms with E-state index in [1.165, 1.54) is 25.3 Å². The third-order valence-electron chi connectivity index (χ3n) is 2.82. The number of amides is 1. The van der Waals surface area contributed by atoms with Crippen LogP contribution in [-0.4, -0.2) is 28.2 Å². The first-order valence-electron chi connectivity index (χ1n) is 6.39. The van der Waals surface area contributed by atoms with Gasteiger partial charge >= 0.3 is 0 Å². The summed E-state index contributed by atoms with van der Waals surface area (Å²) in [5.74, 6) is -0.164. The number of hydrogen-bond acceptors (Lipinski definition) is 4. The summed E-state index contributed by atoms with van der Waals surface area (Å²) in [4.78, 5) is 16.2. The molecule has 6 nitrogen and oxygen atoms in total. The molecule has 112 valence electrons. The zero-order valence-electron chi connectivity index (χ0n) is 12.3. The first kappa shape index (κ1) is 15.0. The Hall–Kier alpha value is -2.44. The lowest BCUT2D eigenvalue weighted by Crippen LogP contribution is -2.16. The Morgan fingerprint density at radius 3 is 2.67 bits per heavy atom. The zero-order chi connectivity index (χ0) is 15.6. The van der Waals surface area contributed by atoms with Gasteiger partial charge in [-0.25, -0.2) is 9.37 Å². The number of carbonyl (C=O) groups is 1. The highest BCUT2D eigenvalue weighted by atomic mass is 19.1.